The average molecular weight is 371 g/mol. The third-order valence-corrected chi connectivity index (χ3v) is 4.59. The minimum Gasteiger partial charge on any atom is -0.496 e. The standard InChI is InChI=1S/C22H29NO4/c1-17(16-25-2)23(15-19-10-6-8-12-21(19)27-4)22(24)14-13-18-9-5-7-11-20(18)26-3/h5-12,17H,13-16H2,1-4H3. The SMILES string of the molecule is COCC(C)N(Cc1ccccc1OC)C(=O)CCc1ccccc1OC. The monoisotopic (exact) mass is 371 g/mol. The summed E-state index contributed by atoms with van der Waals surface area (Å²) in [5, 5.41) is 0. The van der Waals surface area contributed by atoms with Gasteiger partial charge in [-0.2, -0.15) is 0 Å². The van der Waals surface area contributed by atoms with Gasteiger partial charge in [0.1, 0.15) is 11.5 Å². The van der Waals surface area contributed by atoms with Gasteiger partial charge in [-0.3, -0.25) is 4.79 Å². The van der Waals surface area contributed by atoms with E-state index in [1.54, 1.807) is 21.3 Å². The van der Waals surface area contributed by atoms with Crippen molar-refractivity contribution in [1.82, 2.24) is 4.90 Å². The molecule has 0 bridgehead atoms. The molecule has 2 aromatic rings. The molecule has 1 unspecified atom stereocenters. The highest BCUT2D eigenvalue weighted by molar-refractivity contribution is 5.77. The predicted octanol–water partition coefficient (Wildman–Crippen LogP) is 3.70. The van der Waals surface area contributed by atoms with Crippen molar-refractivity contribution >= 4 is 5.91 Å². The number of amides is 1. The summed E-state index contributed by atoms with van der Waals surface area (Å²) in [5.74, 6) is 1.67. The molecule has 0 radical (unpaired) electrons. The Labute approximate surface area is 161 Å². The summed E-state index contributed by atoms with van der Waals surface area (Å²) in [5.41, 5.74) is 2.01. The molecule has 0 fully saturated rings. The van der Waals surface area contributed by atoms with Crippen molar-refractivity contribution in [3.63, 3.8) is 0 Å². The van der Waals surface area contributed by atoms with Crippen molar-refractivity contribution < 1.29 is 19.0 Å². The number of rotatable bonds is 10. The van der Waals surface area contributed by atoms with Crippen molar-refractivity contribution in [2.24, 2.45) is 0 Å². The first-order valence-corrected chi connectivity index (χ1v) is 9.12. The number of methoxy groups -OCH3 is 3. The van der Waals surface area contributed by atoms with Crippen molar-refractivity contribution in [2.45, 2.75) is 32.4 Å². The van der Waals surface area contributed by atoms with E-state index < -0.39 is 0 Å². The second kappa shape index (κ2) is 10.6. The van der Waals surface area contributed by atoms with Crippen molar-refractivity contribution in [3.8, 4) is 11.5 Å². The maximum absolute atomic E-state index is 13.0. The van der Waals surface area contributed by atoms with Gasteiger partial charge in [0.05, 0.1) is 26.9 Å². The molecule has 146 valence electrons. The van der Waals surface area contributed by atoms with Crippen LogP contribution in [-0.4, -0.2) is 44.8 Å². The Hall–Kier alpha value is -2.53. The van der Waals surface area contributed by atoms with Gasteiger partial charge in [-0.15, -0.1) is 0 Å². The Balaban J connectivity index is 2.14. The summed E-state index contributed by atoms with van der Waals surface area (Å²) in [6.07, 6.45) is 1.04. The fourth-order valence-electron chi connectivity index (χ4n) is 3.13. The normalized spacial score (nSPS) is 11.7. The molecule has 0 aliphatic rings. The van der Waals surface area contributed by atoms with Crippen LogP contribution in [0.2, 0.25) is 0 Å². The van der Waals surface area contributed by atoms with Crippen LogP contribution in [0.15, 0.2) is 48.5 Å². The molecule has 2 rings (SSSR count). The number of nitrogens with zero attached hydrogens (tertiary/aromatic N) is 1. The van der Waals surface area contributed by atoms with Gasteiger partial charge >= 0.3 is 0 Å². The number of ether oxygens (including phenoxy) is 3. The summed E-state index contributed by atoms with van der Waals surface area (Å²) < 4.78 is 16.1. The van der Waals surface area contributed by atoms with Crippen molar-refractivity contribution in [3.05, 3.63) is 59.7 Å². The molecule has 0 aliphatic carbocycles. The van der Waals surface area contributed by atoms with Crippen LogP contribution in [0.1, 0.15) is 24.5 Å². The lowest BCUT2D eigenvalue weighted by Crippen LogP contribution is -2.40. The van der Waals surface area contributed by atoms with Gasteiger partial charge in [0.2, 0.25) is 5.91 Å². The molecule has 27 heavy (non-hydrogen) atoms. The molecule has 0 aliphatic heterocycles. The van der Waals surface area contributed by atoms with Gasteiger partial charge in [0.25, 0.3) is 0 Å². The number of para-hydroxylation sites is 2. The second-order valence-corrected chi connectivity index (χ2v) is 6.45. The first kappa shape index (κ1) is 20.8. The molecular formula is C22H29NO4. The number of hydrogen-bond donors (Lipinski definition) is 0. The lowest BCUT2D eigenvalue weighted by molar-refractivity contribution is -0.135. The molecule has 5 nitrogen and oxygen atoms in total. The van der Waals surface area contributed by atoms with Crippen LogP contribution in [0.5, 0.6) is 11.5 Å². The van der Waals surface area contributed by atoms with Gasteiger partial charge in [0, 0.05) is 25.6 Å². The number of carbonyl (C=O) groups excluding carboxylic acids is 1. The van der Waals surface area contributed by atoms with E-state index in [2.05, 4.69) is 0 Å². The molecule has 0 heterocycles. The van der Waals surface area contributed by atoms with Crippen LogP contribution in [0.4, 0.5) is 0 Å². The van der Waals surface area contributed by atoms with E-state index in [4.69, 9.17) is 14.2 Å². The van der Waals surface area contributed by atoms with Crippen LogP contribution in [0.3, 0.4) is 0 Å². The van der Waals surface area contributed by atoms with E-state index >= 15 is 0 Å². The number of benzene rings is 2. The number of aryl methyl sites for hydroxylation is 1. The van der Waals surface area contributed by atoms with E-state index in [1.165, 1.54) is 0 Å². The Morgan fingerprint density at radius 1 is 0.926 bits per heavy atom. The lowest BCUT2D eigenvalue weighted by atomic mass is 10.1. The molecule has 0 N–H and O–H groups in total. The van der Waals surface area contributed by atoms with E-state index in [-0.39, 0.29) is 11.9 Å². The molecule has 0 saturated carbocycles. The molecular weight excluding hydrogens is 342 g/mol. The highest BCUT2D eigenvalue weighted by Crippen LogP contribution is 2.23. The maximum Gasteiger partial charge on any atom is 0.223 e. The Bertz CT molecular complexity index is 732. The molecule has 0 aromatic heterocycles. The largest absolute Gasteiger partial charge is 0.496 e. The highest BCUT2D eigenvalue weighted by Gasteiger charge is 2.22. The highest BCUT2D eigenvalue weighted by atomic mass is 16.5. The van der Waals surface area contributed by atoms with Gasteiger partial charge in [-0.05, 0) is 31.0 Å². The Kier molecular flexibility index (Phi) is 8.14. The van der Waals surface area contributed by atoms with Crippen LogP contribution >= 0.6 is 0 Å². The minimum absolute atomic E-state index is 0.0370. The van der Waals surface area contributed by atoms with Crippen LogP contribution < -0.4 is 9.47 Å². The maximum atomic E-state index is 13.0. The third-order valence-electron chi connectivity index (χ3n) is 4.59. The zero-order valence-corrected chi connectivity index (χ0v) is 16.6. The van der Waals surface area contributed by atoms with E-state index in [1.807, 2.05) is 60.4 Å². The fourth-order valence-corrected chi connectivity index (χ4v) is 3.13. The Morgan fingerprint density at radius 3 is 2.07 bits per heavy atom. The molecule has 1 amide bonds. The summed E-state index contributed by atoms with van der Waals surface area (Å²) in [6.45, 7) is 2.97. The minimum atomic E-state index is -0.0370. The van der Waals surface area contributed by atoms with Gasteiger partial charge < -0.3 is 19.1 Å². The number of hydrogen-bond acceptors (Lipinski definition) is 4. The molecule has 1 atom stereocenters. The zero-order valence-electron chi connectivity index (χ0n) is 16.6. The molecule has 2 aromatic carbocycles. The van der Waals surface area contributed by atoms with Crippen molar-refractivity contribution in [1.29, 1.82) is 0 Å². The fraction of sp³-hybridized carbons (Fsp3) is 0.409. The van der Waals surface area contributed by atoms with Gasteiger partial charge in [-0.25, -0.2) is 0 Å². The van der Waals surface area contributed by atoms with Crippen molar-refractivity contribution in [2.75, 3.05) is 27.9 Å². The predicted molar refractivity (Wildman–Crippen MR) is 106 cm³/mol. The van der Waals surface area contributed by atoms with Crippen LogP contribution in [-0.2, 0) is 22.5 Å². The lowest BCUT2D eigenvalue weighted by Gasteiger charge is -2.29. The summed E-state index contributed by atoms with van der Waals surface area (Å²) in [7, 11) is 4.94. The summed E-state index contributed by atoms with van der Waals surface area (Å²) >= 11 is 0. The smallest absolute Gasteiger partial charge is 0.223 e. The third kappa shape index (κ3) is 5.73. The second-order valence-electron chi connectivity index (χ2n) is 6.45. The zero-order chi connectivity index (χ0) is 19.6. The van der Waals surface area contributed by atoms with E-state index in [0.29, 0.717) is 26.0 Å². The molecule has 0 saturated heterocycles. The molecule has 0 spiro atoms. The summed E-state index contributed by atoms with van der Waals surface area (Å²) in [6, 6.07) is 15.5. The molecule has 5 heteroatoms. The Morgan fingerprint density at radius 2 is 1.48 bits per heavy atom. The van der Waals surface area contributed by atoms with E-state index in [0.717, 1.165) is 22.6 Å². The van der Waals surface area contributed by atoms with E-state index in [9.17, 15) is 4.79 Å². The van der Waals surface area contributed by atoms with Gasteiger partial charge in [-0.1, -0.05) is 36.4 Å². The summed E-state index contributed by atoms with van der Waals surface area (Å²) in [4.78, 5) is 14.9. The first-order valence-electron chi connectivity index (χ1n) is 9.12. The topological polar surface area (TPSA) is 48.0 Å². The average Bonchev–Trinajstić information content (AvgIpc) is 2.70. The van der Waals surface area contributed by atoms with Gasteiger partial charge in [0.15, 0.2) is 0 Å². The number of carbonyl (C=O) groups is 1. The van der Waals surface area contributed by atoms with Crippen LogP contribution in [0, 0.1) is 0 Å². The first-order chi connectivity index (χ1) is 13.1. The van der Waals surface area contributed by atoms with Crippen LogP contribution in [0.25, 0.3) is 0 Å². The quantitative estimate of drug-likeness (QED) is 0.639.